The van der Waals surface area contributed by atoms with Crippen molar-refractivity contribution in [2.24, 2.45) is 0 Å². The highest BCUT2D eigenvalue weighted by Crippen LogP contribution is 2.27. The van der Waals surface area contributed by atoms with Gasteiger partial charge in [-0.1, -0.05) is 36.2 Å². The topological polar surface area (TPSA) is 84.5 Å². The molecule has 0 aliphatic rings. The second kappa shape index (κ2) is 9.41. The molecule has 0 saturated carbocycles. The molecule has 9 heteroatoms. The standard InChI is InChI=1S/C18H20Cl2N2O4S/c1-3-9-21-27(24,25)13-7-8-17(15(20)10-13)26-11-18(23)22-16-6-4-5-14(19)12(16)2/h4-8,10,21H,3,9,11H2,1-2H3,(H,22,23). The lowest BCUT2D eigenvalue weighted by Gasteiger charge is -2.12. The van der Waals surface area contributed by atoms with Crippen molar-refractivity contribution < 1.29 is 17.9 Å². The van der Waals surface area contributed by atoms with Crippen molar-refractivity contribution in [3.05, 3.63) is 52.0 Å². The molecule has 0 spiro atoms. The zero-order valence-corrected chi connectivity index (χ0v) is 17.2. The van der Waals surface area contributed by atoms with Crippen LogP contribution in [0.4, 0.5) is 5.69 Å². The van der Waals surface area contributed by atoms with E-state index >= 15 is 0 Å². The van der Waals surface area contributed by atoms with Crippen LogP contribution in [0.2, 0.25) is 10.0 Å². The summed E-state index contributed by atoms with van der Waals surface area (Å²) in [6.07, 6.45) is 0.676. The van der Waals surface area contributed by atoms with Gasteiger partial charge >= 0.3 is 0 Å². The van der Waals surface area contributed by atoms with Gasteiger partial charge < -0.3 is 10.1 Å². The Balaban J connectivity index is 2.01. The molecule has 0 atom stereocenters. The number of halogens is 2. The number of anilines is 1. The molecule has 0 saturated heterocycles. The highest BCUT2D eigenvalue weighted by molar-refractivity contribution is 7.89. The summed E-state index contributed by atoms with van der Waals surface area (Å²) in [5, 5.41) is 3.35. The van der Waals surface area contributed by atoms with Crippen molar-refractivity contribution >= 4 is 44.8 Å². The Morgan fingerprint density at radius 3 is 2.56 bits per heavy atom. The van der Waals surface area contributed by atoms with Gasteiger partial charge in [0.15, 0.2) is 6.61 Å². The van der Waals surface area contributed by atoms with Crippen molar-refractivity contribution in [2.75, 3.05) is 18.5 Å². The Hall–Kier alpha value is -1.80. The van der Waals surface area contributed by atoms with E-state index in [1.165, 1.54) is 18.2 Å². The van der Waals surface area contributed by atoms with Crippen molar-refractivity contribution in [1.82, 2.24) is 4.72 Å². The first-order chi connectivity index (χ1) is 12.7. The molecule has 2 aromatic carbocycles. The van der Waals surface area contributed by atoms with Gasteiger partial charge in [0.25, 0.3) is 5.91 Å². The molecule has 0 aromatic heterocycles. The van der Waals surface area contributed by atoms with Gasteiger partial charge in [-0.05, 0) is 49.2 Å². The fourth-order valence-electron chi connectivity index (χ4n) is 2.16. The lowest BCUT2D eigenvalue weighted by atomic mass is 10.2. The molecular formula is C18H20Cl2N2O4S. The number of hydrogen-bond acceptors (Lipinski definition) is 4. The van der Waals surface area contributed by atoms with E-state index in [1.807, 2.05) is 6.92 Å². The fraction of sp³-hybridized carbons (Fsp3) is 0.278. The maximum Gasteiger partial charge on any atom is 0.262 e. The molecule has 2 aromatic rings. The average Bonchev–Trinajstić information content (AvgIpc) is 2.62. The van der Waals surface area contributed by atoms with Crippen LogP contribution in [0.15, 0.2) is 41.3 Å². The van der Waals surface area contributed by atoms with Gasteiger partial charge in [-0.25, -0.2) is 13.1 Å². The number of ether oxygens (including phenoxy) is 1. The summed E-state index contributed by atoms with van der Waals surface area (Å²) in [7, 11) is -3.62. The van der Waals surface area contributed by atoms with E-state index in [9.17, 15) is 13.2 Å². The highest BCUT2D eigenvalue weighted by Gasteiger charge is 2.16. The van der Waals surface area contributed by atoms with Crippen LogP contribution in [0, 0.1) is 6.92 Å². The summed E-state index contributed by atoms with van der Waals surface area (Å²) in [5.41, 5.74) is 1.34. The van der Waals surface area contributed by atoms with Crippen LogP contribution >= 0.6 is 23.2 Å². The zero-order valence-electron chi connectivity index (χ0n) is 14.9. The smallest absolute Gasteiger partial charge is 0.262 e. The van der Waals surface area contributed by atoms with Crippen LogP contribution in [0.3, 0.4) is 0 Å². The number of benzene rings is 2. The lowest BCUT2D eigenvalue weighted by molar-refractivity contribution is -0.118. The van der Waals surface area contributed by atoms with E-state index in [0.29, 0.717) is 23.7 Å². The van der Waals surface area contributed by atoms with Crippen LogP contribution in [0.25, 0.3) is 0 Å². The SMILES string of the molecule is CCCNS(=O)(=O)c1ccc(OCC(=O)Nc2cccc(Cl)c2C)c(Cl)c1. The third-order valence-corrected chi connectivity index (χ3v) is 5.82. The van der Waals surface area contributed by atoms with Gasteiger partial charge in [0.2, 0.25) is 10.0 Å². The van der Waals surface area contributed by atoms with E-state index in [-0.39, 0.29) is 22.3 Å². The zero-order chi connectivity index (χ0) is 20.0. The molecule has 0 aliphatic carbocycles. The quantitative estimate of drug-likeness (QED) is 0.662. The summed E-state index contributed by atoms with van der Waals surface area (Å²) >= 11 is 12.1. The summed E-state index contributed by atoms with van der Waals surface area (Å²) in [6.45, 7) is 3.71. The number of nitrogens with one attached hydrogen (secondary N) is 2. The first-order valence-electron chi connectivity index (χ1n) is 8.21. The van der Waals surface area contributed by atoms with Gasteiger partial charge in [-0.3, -0.25) is 4.79 Å². The van der Waals surface area contributed by atoms with Crippen molar-refractivity contribution in [2.45, 2.75) is 25.2 Å². The molecule has 0 radical (unpaired) electrons. The molecule has 0 fully saturated rings. The summed E-state index contributed by atoms with van der Waals surface area (Å²) in [5.74, 6) is -0.179. The Labute approximate surface area is 168 Å². The predicted octanol–water partition coefficient (Wildman–Crippen LogP) is 4.01. The van der Waals surface area contributed by atoms with Gasteiger partial charge in [-0.2, -0.15) is 0 Å². The molecule has 0 unspecified atom stereocenters. The predicted molar refractivity (Wildman–Crippen MR) is 107 cm³/mol. The number of hydrogen-bond donors (Lipinski definition) is 2. The minimum Gasteiger partial charge on any atom is -0.482 e. The van der Waals surface area contributed by atoms with Gasteiger partial charge in [0, 0.05) is 17.3 Å². The summed E-state index contributed by atoms with van der Waals surface area (Å²) in [6, 6.07) is 9.27. The molecule has 0 heterocycles. The van der Waals surface area contributed by atoms with E-state index in [1.54, 1.807) is 25.1 Å². The Bertz CT molecular complexity index is 933. The van der Waals surface area contributed by atoms with Crippen LogP contribution in [0.5, 0.6) is 5.75 Å². The first-order valence-corrected chi connectivity index (χ1v) is 10.5. The van der Waals surface area contributed by atoms with Crippen molar-refractivity contribution in [1.29, 1.82) is 0 Å². The van der Waals surface area contributed by atoms with E-state index < -0.39 is 15.9 Å². The monoisotopic (exact) mass is 430 g/mol. The van der Waals surface area contributed by atoms with Gasteiger partial charge in [0.05, 0.1) is 9.92 Å². The minimum absolute atomic E-state index is 0.0345. The molecule has 27 heavy (non-hydrogen) atoms. The normalized spacial score (nSPS) is 11.3. The fourth-order valence-corrected chi connectivity index (χ4v) is 3.79. The third kappa shape index (κ3) is 5.84. The average molecular weight is 431 g/mol. The molecular weight excluding hydrogens is 411 g/mol. The summed E-state index contributed by atoms with van der Waals surface area (Å²) in [4.78, 5) is 12.1. The molecule has 6 nitrogen and oxygen atoms in total. The van der Waals surface area contributed by atoms with Crippen LogP contribution < -0.4 is 14.8 Å². The molecule has 1 amide bonds. The molecule has 146 valence electrons. The minimum atomic E-state index is -3.62. The number of carbonyl (C=O) groups excluding carboxylic acids is 1. The number of carbonyl (C=O) groups is 1. The van der Waals surface area contributed by atoms with Crippen LogP contribution in [-0.2, 0) is 14.8 Å². The van der Waals surface area contributed by atoms with E-state index in [2.05, 4.69) is 10.0 Å². The Morgan fingerprint density at radius 2 is 1.89 bits per heavy atom. The summed E-state index contributed by atoms with van der Waals surface area (Å²) < 4.78 is 32.0. The molecule has 2 rings (SSSR count). The number of rotatable bonds is 8. The second-order valence-corrected chi connectivity index (χ2v) is 8.32. The molecule has 0 bridgehead atoms. The maximum atomic E-state index is 12.1. The first kappa shape index (κ1) is 21.5. The largest absolute Gasteiger partial charge is 0.482 e. The highest BCUT2D eigenvalue weighted by atomic mass is 35.5. The van der Waals surface area contributed by atoms with Crippen molar-refractivity contribution in [3.8, 4) is 5.75 Å². The van der Waals surface area contributed by atoms with Crippen molar-refractivity contribution in [3.63, 3.8) is 0 Å². The van der Waals surface area contributed by atoms with Crippen LogP contribution in [-0.4, -0.2) is 27.5 Å². The molecule has 2 N–H and O–H groups in total. The lowest BCUT2D eigenvalue weighted by Crippen LogP contribution is -2.24. The van der Waals surface area contributed by atoms with Crippen LogP contribution in [0.1, 0.15) is 18.9 Å². The van der Waals surface area contributed by atoms with E-state index in [0.717, 1.165) is 5.56 Å². The van der Waals surface area contributed by atoms with E-state index in [4.69, 9.17) is 27.9 Å². The Kier molecular flexibility index (Phi) is 7.49. The van der Waals surface area contributed by atoms with Gasteiger partial charge in [0.1, 0.15) is 5.75 Å². The maximum absolute atomic E-state index is 12.1. The number of amides is 1. The van der Waals surface area contributed by atoms with Gasteiger partial charge in [-0.15, -0.1) is 0 Å². The molecule has 0 aliphatic heterocycles. The Morgan fingerprint density at radius 1 is 1.15 bits per heavy atom. The third-order valence-electron chi connectivity index (χ3n) is 3.66. The second-order valence-electron chi connectivity index (χ2n) is 5.74. The number of sulfonamides is 1.